The molecule has 0 amide bonds. The van der Waals surface area contributed by atoms with Gasteiger partial charge in [-0.2, -0.15) is 0 Å². The Kier molecular flexibility index (Phi) is 5.08. The second-order valence-electron chi connectivity index (χ2n) is 4.18. The SMILES string of the molecule is COc1cc(Br)ccc1C(=O)Cc1ccc(Cl)cc1Cl. The van der Waals surface area contributed by atoms with Crippen molar-refractivity contribution in [3.8, 4) is 5.75 Å². The molecule has 0 radical (unpaired) electrons. The van der Waals surface area contributed by atoms with E-state index in [9.17, 15) is 4.79 Å². The van der Waals surface area contributed by atoms with Gasteiger partial charge in [0.05, 0.1) is 12.7 Å². The first-order chi connectivity index (χ1) is 9.51. The smallest absolute Gasteiger partial charge is 0.171 e. The van der Waals surface area contributed by atoms with Crippen molar-refractivity contribution >= 4 is 44.9 Å². The molecular weight excluding hydrogens is 363 g/mol. The van der Waals surface area contributed by atoms with Gasteiger partial charge in [-0.15, -0.1) is 0 Å². The monoisotopic (exact) mass is 372 g/mol. The van der Waals surface area contributed by atoms with Crippen LogP contribution in [-0.2, 0) is 6.42 Å². The maximum Gasteiger partial charge on any atom is 0.171 e. The maximum absolute atomic E-state index is 12.4. The molecule has 104 valence electrons. The largest absolute Gasteiger partial charge is 0.496 e. The van der Waals surface area contributed by atoms with Crippen LogP contribution in [0.4, 0.5) is 0 Å². The molecule has 0 N–H and O–H groups in total. The molecule has 0 aliphatic heterocycles. The highest BCUT2D eigenvalue weighted by Crippen LogP contribution is 2.27. The lowest BCUT2D eigenvalue weighted by molar-refractivity contribution is 0.0990. The van der Waals surface area contributed by atoms with Crippen molar-refractivity contribution in [3.63, 3.8) is 0 Å². The molecule has 2 rings (SSSR count). The predicted molar refractivity (Wildman–Crippen MR) is 85.2 cm³/mol. The molecule has 0 unspecified atom stereocenters. The van der Waals surface area contributed by atoms with Gasteiger partial charge < -0.3 is 4.74 Å². The fourth-order valence-electron chi connectivity index (χ4n) is 1.83. The van der Waals surface area contributed by atoms with Crippen molar-refractivity contribution in [1.82, 2.24) is 0 Å². The van der Waals surface area contributed by atoms with E-state index in [0.29, 0.717) is 21.4 Å². The third-order valence-electron chi connectivity index (χ3n) is 2.83. The number of carbonyl (C=O) groups is 1. The number of rotatable bonds is 4. The third-order valence-corrected chi connectivity index (χ3v) is 3.91. The molecule has 2 nitrogen and oxygen atoms in total. The summed E-state index contributed by atoms with van der Waals surface area (Å²) in [5, 5.41) is 1.04. The van der Waals surface area contributed by atoms with Crippen molar-refractivity contribution in [1.29, 1.82) is 0 Å². The van der Waals surface area contributed by atoms with Crippen LogP contribution in [0.3, 0.4) is 0 Å². The number of hydrogen-bond acceptors (Lipinski definition) is 2. The van der Waals surface area contributed by atoms with E-state index in [1.807, 2.05) is 0 Å². The van der Waals surface area contributed by atoms with E-state index in [2.05, 4.69) is 15.9 Å². The van der Waals surface area contributed by atoms with Crippen molar-refractivity contribution in [2.24, 2.45) is 0 Å². The van der Waals surface area contributed by atoms with Gasteiger partial charge in [-0.3, -0.25) is 4.79 Å². The average Bonchev–Trinajstić information content (AvgIpc) is 2.41. The zero-order valence-electron chi connectivity index (χ0n) is 10.6. The Balaban J connectivity index is 2.28. The summed E-state index contributed by atoms with van der Waals surface area (Å²) in [4.78, 5) is 12.4. The Morgan fingerprint density at radius 2 is 1.95 bits per heavy atom. The van der Waals surface area contributed by atoms with Crippen molar-refractivity contribution in [2.45, 2.75) is 6.42 Å². The molecule has 0 aliphatic rings. The number of halogens is 3. The van der Waals surface area contributed by atoms with Gasteiger partial charge in [0.1, 0.15) is 5.75 Å². The zero-order valence-corrected chi connectivity index (χ0v) is 13.7. The highest BCUT2D eigenvalue weighted by molar-refractivity contribution is 9.10. The van der Waals surface area contributed by atoms with Gasteiger partial charge in [0.15, 0.2) is 5.78 Å². The van der Waals surface area contributed by atoms with E-state index >= 15 is 0 Å². The van der Waals surface area contributed by atoms with Crippen LogP contribution in [0.15, 0.2) is 40.9 Å². The van der Waals surface area contributed by atoms with Gasteiger partial charge in [-0.1, -0.05) is 45.2 Å². The first-order valence-electron chi connectivity index (χ1n) is 5.82. The number of ketones is 1. The topological polar surface area (TPSA) is 26.3 Å². The molecule has 5 heteroatoms. The number of ether oxygens (including phenoxy) is 1. The molecule has 20 heavy (non-hydrogen) atoms. The zero-order chi connectivity index (χ0) is 14.7. The van der Waals surface area contributed by atoms with E-state index in [1.165, 1.54) is 7.11 Å². The number of hydrogen-bond donors (Lipinski definition) is 0. The van der Waals surface area contributed by atoms with Gasteiger partial charge in [-0.05, 0) is 35.9 Å². The lowest BCUT2D eigenvalue weighted by atomic mass is 10.0. The molecule has 0 saturated heterocycles. The Labute approximate surface area is 135 Å². The number of benzene rings is 2. The van der Waals surface area contributed by atoms with E-state index < -0.39 is 0 Å². The number of methoxy groups -OCH3 is 1. The Morgan fingerprint density at radius 1 is 1.20 bits per heavy atom. The minimum absolute atomic E-state index is 0.0569. The van der Waals surface area contributed by atoms with E-state index in [1.54, 1.807) is 36.4 Å². The molecule has 0 saturated carbocycles. The quantitative estimate of drug-likeness (QED) is 0.689. The third kappa shape index (κ3) is 3.54. The summed E-state index contributed by atoms with van der Waals surface area (Å²) in [6.45, 7) is 0. The fourth-order valence-corrected chi connectivity index (χ4v) is 2.64. The van der Waals surface area contributed by atoms with E-state index in [0.717, 1.165) is 10.0 Å². The number of carbonyl (C=O) groups excluding carboxylic acids is 1. The van der Waals surface area contributed by atoms with Gasteiger partial charge in [0.2, 0.25) is 0 Å². The van der Waals surface area contributed by atoms with Gasteiger partial charge >= 0.3 is 0 Å². The molecule has 0 aromatic heterocycles. The maximum atomic E-state index is 12.4. The summed E-state index contributed by atoms with van der Waals surface area (Å²) in [5.41, 5.74) is 1.27. The normalized spacial score (nSPS) is 10.4. The summed E-state index contributed by atoms with van der Waals surface area (Å²) in [6.07, 6.45) is 0.202. The van der Waals surface area contributed by atoms with Crippen LogP contribution >= 0.6 is 39.1 Å². The van der Waals surface area contributed by atoms with Crippen LogP contribution < -0.4 is 4.74 Å². The van der Waals surface area contributed by atoms with Crippen molar-refractivity contribution < 1.29 is 9.53 Å². The van der Waals surface area contributed by atoms with Crippen LogP contribution in [0.25, 0.3) is 0 Å². The molecule has 0 fully saturated rings. The summed E-state index contributed by atoms with van der Waals surface area (Å²) in [7, 11) is 1.54. The predicted octanol–water partition coefficient (Wildman–Crippen LogP) is 5.19. The summed E-state index contributed by atoms with van der Waals surface area (Å²) in [6, 6.07) is 10.4. The summed E-state index contributed by atoms with van der Waals surface area (Å²) in [5.74, 6) is 0.480. The molecule has 0 aliphatic carbocycles. The summed E-state index contributed by atoms with van der Waals surface area (Å²) < 4.78 is 6.09. The first kappa shape index (κ1) is 15.4. The molecule has 0 atom stereocenters. The number of Topliss-reactive ketones (excluding diaryl/α,β-unsaturated/α-hetero) is 1. The second kappa shape index (κ2) is 6.61. The molecule has 0 bridgehead atoms. The average molecular weight is 374 g/mol. The standard InChI is InChI=1S/C15H11BrCl2O2/c1-20-15-7-10(16)3-5-12(15)14(19)6-9-2-4-11(17)8-13(9)18/h2-5,7-8H,6H2,1H3. The highest BCUT2D eigenvalue weighted by Gasteiger charge is 2.14. The molecule has 0 heterocycles. The molecule has 2 aromatic rings. The van der Waals surface area contributed by atoms with Crippen LogP contribution in [0.1, 0.15) is 15.9 Å². The lowest BCUT2D eigenvalue weighted by Gasteiger charge is -2.09. The van der Waals surface area contributed by atoms with Crippen molar-refractivity contribution in [3.05, 3.63) is 62.0 Å². The van der Waals surface area contributed by atoms with Crippen LogP contribution in [-0.4, -0.2) is 12.9 Å². The highest BCUT2D eigenvalue weighted by atomic mass is 79.9. The first-order valence-corrected chi connectivity index (χ1v) is 7.37. The minimum atomic E-state index is -0.0569. The van der Waals surface area contributed by atoms with Crippen LogP contribution in [0.2, 0.25) is 10.0 Å². The minimum Gasteiger partial charge on any atom is -0.496 e. The van der Waals surface area contributed by atoms with E-state index in [-0.39, 0.29) is 12.2 Å². The Bertz CT molecular complexity index is 656. The van der Waals surface area contributed by atoms with E-state index in [4.69, 9.17) is 27.9 Å². The molecular formula is C15H11BrCl2O2. The van der Waals surface area contributed by atoms with Gasteiger partial charge in [0.25, 0.3) is 0 Å². The molecule has 2 aromatic carbocycles. The Morgan fingerprint density at radius 3 is 2.60 bits per heavy atom. The van der Waals surface area contributed by atoms with Gasteiger partial charge in [-0.25, -0.2) is 0 Å². The fraction of sp³-hybridized carbons (Fsp3) is 0.133. The summed E-state index contributed by atoms with van der Waals surface area (Å²) >= 11 is 15.3. The second-order valence-corrected chi connectivity index (χ2v) is 5.94. The van der Waals surface area contributed by atoms with Gasteiger partial charge in [0, 0.05) is 20.9 Å². The Hall–Kier alpha value is -1.03. The molecule has 0 spiro atoms. The van der Waals surface area contributed by atoms with Crippen LogP contribution in [0.5, 0.6) is 5.75 Å². The van der Waals surface area contributed by atoms with Crippen molar-refractivity contribution in [2.75, 3.05) is 7.11 Å². The van der Waals surface area contributed by atoms with Crippen LogP contribution in [0, 0.1) is 0 Å². The lowest BCUT2D eigenvalue weighted by Crippen LogP contribution is -2.06.